The van der Waals surface area contributed by atoms with Crippen LogP contribution in [-0.2, 0) is 23.2 Å². The quantitative estimate of drug-likeness (QED) is 0.779. The van der Waals surface area contributed by atoms with Crippen LogP contribution in [-0.4, -0.2) is 19.3 Å². The van der Waals surface area contributed by atoms with Crippen molar-refractivity contribution in [1.29, 1.82) is 0 Å². The molecule has 5 nitrogen and oxygen atoms in total. The van der Waals surface area contributed by atoms with E-state index in [2.05, 4.69) is 4.72 Å². The van der Waals surface area contributed by atoms with E-state index in [0.717, 1.165) is 41.6 Å². The van der Waals surface area contributed by atoms with Crippen LogP contribution in [0, 0.1) is 0 Å². The number of fused-ring (bicyclic) bond motifs is 1. The third-order valence-corrected chi connectivity index (χ3v) is 6.32. The van der Waals surface area contributed by atoms with E-state index in [0.29, 0.717) is 13.1 Å². The Hall–Kier alpha value is -1.89. The first-order valence-corrected chi connectivity index (χ1v) is 10.1. The molecule has 134 valence electrons. The van der Waals surface area contributed by atoms with Gasteiger partial charge in [0.15, 0.2) is 0 Å². The lowest BCUT2D eigenvalue weighted by Gasteiger charge is -2.29. The van der Waals surface area contributed by atoms with E-state index in [1.807, 2.05) is 55.5 Å². The van der Waals surface area contributed by atoms with Crippen LogP contribution in [0.3, 0.4) is 0 Å². The summed E-state index contributed by atoms with van der Waals surface area (Å²) in [7, 11) is -3.57. The van der Waals surface area contributed by atoms with E-state index in [-0.39, 0.29) is 6.04 Å². The van der Waals surface area contributed by atoms with Crippen molar-refractivity contribution in [2.45, 2.75) is 38.8 Å². The molecule has 2 aromatic carbocycles. The maximum atomic E-state index is 12.9. The molecular weight excluding hydrogens is 334 g/mol. The highest BCUT2D eigenvalue weighted by molar-refractivity contribution is 7.87. The number of hydrogen-bond acceptors (Lipinski definition) is 3. The third kappa shape index (κ3) is 4.21. The number of nitrogens with one attached hydrogen (secondary N) is 1. The van der Waals surface area contributed by atoms with E-state index in [9.17, 15) is 8.42 Å². The molecule has 0 aromatic heterocycles. The monoisotopic (exact) mass is 359 g/mol. The molecule has 0 spiro atoms. The van der Waals surface area contributed by atoms with Gasteiger partial charge >= 0.3 is 0 Å². The summed E-state index contributed by atoms with van der Waals surface area (Å²) in [6.07, 6.45) is 2.70. The normalized spacial score (nSPS) is 17.4. The van der Waals surface area contributed by atoms with Crippen LogP contribution in [0.1, 0.15) is 42.5 Å². The van der Waals surface area contributed by atoms with E-state index in [1.165, 1.54) is 4.31 Å². The van der Waals surface area contributed by atoms with Crippen molar-refractivity contribution in [1.82, 2.24) is 9.03 Å². The number of benzene rings is 2. The molecule has 0 fully saturated rings. The first kappa shape index (κ1) is 17.9. The number of nitrogens with zero attached hydrogens (tertiary/aromatic N) is 1. The van der Waals surface area contributed by atoms with E-state index in [1.54, 1.807) is 0 Å². The van der Waals surface area contributed by atoms with Crippen molar-refractivity contribution in [2.24, 2.45) is 0 Å². The zero-order chi connectivity index (χ0) is 17.9. The average Bonchev–Trinajstić information content (AvgIpc) is 2.60. The third-order valence-electron chi connectivity index (χ3n) is 4.67. The highest BCUT2D eigenvalue weighted by Gasteiger charge is 2.28. The maximum Gasteiger partial charge on any atom is 0.280 e. The van der Waals surface area contributed by atoms with Gasteiger partial charge in [0.2, 0.25) is 0 Å². The van der Waals surface area contributed by atoms with Crippen molar-refractivity contribution in [3.63, 3.8) is 0 Å². The fourth-order valence-corrected chi connectivity index (χ4v) is 4.78. The Bertz CT molecular complexity index is 822. The predicted octanol–water partition coefficient (Wildman–Crippen LogP) is 3.00. The van der Waals surface area contributed by atoms with Crippen LogP contribution in [0.5, 0.6) is 0 Å². The average molecular weight is 359 g/mol. The van der Waals surface area contributed by atoms with Crippen molar-refractivity contribution >= 4 is 15.9 Å². The lowest BCUT2D eigenvalue weighted by molar-refractivity contribution is 0.400. The van der Waals surface area contributed by atoms with Gasteiger partial charge in [0.1, 0.15) is 0 Å². The summed E-state index contributed by atoms with van der Waals surface area (Å²) >= 11 is 0. The molecular formula is C19H25N3O2S. The second-order valence-electron chi connectivity index (χ2n) is 6.44. The number of hydrogen-bond donors (Lipinski definition) is 2. The highest BCUT2D eigenvalue weighted by atomic mass is 32.2. The lowest BCUT2D eigenvalue weighted by Crippen LogP contribution is -2.42. The summed E-state index contributed by atoms with van der Waals surface area (Å²) in [6.45, 7) is 2.65. The van der Waals surface area contributed by atoms with Gasteiger partial charge in [-0.1, -0.05) is 43.3 Å². The summed E-state index contributed by atoms with van der Waals surface area (Å²) in [5, 5.41) is 0. The zero-order valence-corrected chi connectivity index (χ0v) is 15.3. The molecule has 6 heteroatoms. The van der Waals surface area contributed by atoms with Crippen LogP contribution >= 0.6 is 0 Å². The van der Waals surface area contributed by atoms with Crippen molar-refractivity contribution in [3.8, 4) is 0 Å². The van der Waals surface area contributed by atoms with E-state index in [4.69, 9.17) is 5.73 Å². The topological polar surface area (TPSA) is 75.4 Å². The van der Waals surface area contributed by atoms with Gasteiger partial charge in [-0.2, -0.15) is 17.4 Å². The number of nitrogens with two attached hydrogens (primary N) is 1. The molecule has 0 amide bonds. The molecule has 25 heavy (non-hydrogen) atoms. The fourth-order valence-electron chi connectivity index (χ4n) is 3.36. The van der Waals surface area contributed by atoms with Gasteiger partial charge in [-0.25, -0.2) is 0 Å². The van der Waals surface area contributed by atoms with Crippen molar-refractivity contribution < 1.29 is 8.42 Å². The number of anilines is 1. The molecule has 0 radical (unpaired) electrons. The smallest absolute Gasteiger partial charge is 0.280 e. The summed E-state index contributed by atoms with van der Waals surface area (Å²) in [4.78, 5) is 0. The Morgan fingerprint density at radius 1 is 1.20 bits per heavy atom. The Kier molecular flexibility index (Phi) is 5.42. The van der Waals surface area contributed by atoms with Gasteiger partial charge in [-0.05, 0) is 48.1 Å². The first-order valence-electron chi connectivity index (χ1n) is 8.69. The number of aryl methyl sites for hydroxylation is 1. The Labute approximate surface area is 150 Å². The second kappa shape index (κ2) is 7.56. The Morgan fingerprint density at radius 2 is 1.96 bits per heavy atom. The molecule has 3 rings (SSSR count). The molecule has 1 atom stereocenters. The summed E-state index contributed by atoms with van der Waals surface area (Å²) in [6, 6.07) is 15.2. The van der Waals surface area contributed by atoms with Crippen LogP contribution < -0.4 is 10.5 Å². The van der Waals surface area contributed by atoms with Crippen molar-refractivity contribution in [2.75, 3.05) is 12.3 Å². The lowest BCUT2D eigenvalue weighted by atomic mass is 9.88. The molecule has 0 bridgehead atoms. The van der Waals surface area contributed by atoms with Gasteiger partial charge in [0, 0.05) is 24.8 Å². The van der Waals surface area contributed by atoms with Gasteiger partial charge in [-0.3, -0.25) is 0 Å². The number of rotatable bonds is 6. The maximum absolute atomic E-state index is 12.9. The largest absolute Gasteiger partial charge is 0.399 e. The first-order chi connectivity index (χ1) is 12.0. The molecule has 1 unspecified atom stereocenters. The molecule has 3 N–H and O–H groups in total. The Balaban J connectivity index is 1.79. The minimum atomic E-state index is -3.57. The molecule has 0 aliphatic heterocycles. The molecule has 1 aliphatic carbocycles. The summed E-state index contributed by atoms with van der Waals surface area (Å²) < 4.78 is 30.2. The van der Waals surface area contributed by atoms with Crippen LogP contribution in [0.15, 0.2) is 48.5 Å². The minimum Gasteiger partial charge on any atom is -0.399 e. The standard InChI is InChI=1S/C19H25N3O2S/c1-2-22(14-15-7-4-3-5-8-15)25(23,24)21-19-10-6-9-16-13-17(20)11-12-18(16)19/h3-5,7-8,11-13,19,21H,2,6,9-10,14,20H2,1H3. The van der Waals surface area contributed by atoms with Crippen LogP contribution in [0.2, 0.25) is 0 Å². The minimum absolute atomic E-state index is 0.195. The van der Waals surface area contributed by atoms with Crippen molar-refractivity contribution in [3.05, 3.63) is 65.2 Å². The van der Waals surface area contributed by atoms with Gasteiger partial charge in [0.05, 0.1) is 0 Å². The predicted molar refractivity (Wildman–Crippen MR) is 101 cm³/mol. The summed E-state index contributed by atoms with van der Waals surface area (Å²) in [5.74, 6) is 0. The van der Waals surface area contributed by atoms with Crippen LogP contribution in [0.4, 0.5) is 5.69 Å². The molecule has 0 saturated carbocycles. The number of nitrogen functional groups attached to an aromatic ring is 1. The molecule has 2 aromatic rings. The molecule has 1 aliphatic rings. The SMILES string of the molecule is CCN(Cc1ccccc1)S(=O)(=O)NC1CCCc2cc(N)ccc21. The van der Waals surface area contributed by atoms with E-state index >= 15 is 0 Å². The zero-order valence-electron chi connectivity index (χ0n) is 14.5. The molecule has 0 heterocycles. The summed E-state index contributed by atoms with van der Waals surface area (Å²) in [5.41, 5.74) is 9.75. The van der Waals surface area contributed by atoms with E-state index < -0.39 is 10.2 Å². The van der Waals surface area contributed by atoms with Crippen LogP contribution in [0.25, 0.3) is 0 Å². The molecule has 0 saturated heterocycles. The van der Waals surface area contributed by atoms with Gasteiger partial charge in [-0.15, -0.1) is 0 Å². The Morgan fingerprint density at radius 3 is 2.68 bits per heavy atom. The van der Waals surface area contributed by atoms with Gasteiger partial charge < -0.3 is 5.73 Å². The fraction of sp³-hybridized carbons (Fsp3) is 0.368. The van der Waals surface area contributed by atoms with Gasteiger partial charge in [0.25, 0.3) is 10.2 Å². The highest BCUT2D eigenvalue weighted by Crippen LogP contribution is 2.31. The second-order valence-corrected chi connectivity index (χ2v) is 8.14.